The molecule has 0 aliphatic heterocycles. The molecule has 2 rings (SSSR count). The number of aliphatic carboxylic acids is 1. The summed E-state index contributed by atoms with van der Waals surface area (Å²) >= 11 is 0. The minimum atomic E-state index is -1.23. The van der Waals surface area contributed by atoms with Crippen molar-refractivity contribution in [3.63, 3.8) is 0 Å². The number of carboxylic acids is 1. The highest BCUT2D eigenvalue weighted by Gasteiger charge is 2.47. The maximum Gasteiger partial charge on any atom is 0.314 e. The van der Waals surface area contributed by atoms with E-state index in [2.05, 4.69) is 0 Å². The number of carboxylic acid groups (broad SMARTS) is 1. The Balaban J connectivity index is 2.61. The summed E-state index contributed by atoms with van der Waals surface area (Å²) in [6, 6.07) is 1.58. The number of carbonyl (C=O) groups is 2. The largest absolute Gasteiger partial charge is 0.481 e. The van der Waals surface area contributed by atoms with Crippen LogP contribution in [0.4, 0.5) is 8.78 Å². The maximum absolute atomic E-state index is 13.2. The molecular weight excluding hydrogens is 230 g/mol. The second-order valence-corrected chi connectivity index (χ2v) is 4.21. The van der Waals surface area contributed by atoms with Gasteiger partial charge in [0.1, 0.15) is 6.29 Å². The Kier molecular flexibility index (Phi) is 2.69. The van der Waals surface area contributed by atoms with E-state index in [9.17, 15) is 23.5 Å². The molecule has 90 valence electrons. The van der Waals surface area contributed by atoms with Crippen LogP contribution in [0.2, 0.25) is 0 Å². The van der Waals surface area contributed by atoms with E-state index in [0.29, 0.717) is 25.5 Å². The van der Waals surface area contributed by atoms with Crippen molar-refractivity contribution in [2.24, 2.45) is 0 Å². The van der Waals surface area contributed by atoms with Gasteiger partial charge in [-0.15, -0.1) is 0 Å². The second-order valence-electron chi connectivity index (χ2n) is 4.21. The van der Waals surface area contributed by atoms with E-state index in [4.69, 9.17) is 0 Å². The van der Waals surface area contributed by atoms with Gasteiger partial charge in [0.15, 0.2) is 11.6 Å². The molecule has 1 aromatic carbocycles. The third-order valence-corrected chi connectivity index (χ3v) is 3.35. The minimum Gasteiger partial charge on any atom is -0.481 e. The van der Waals surface area contributed by atoms with Gasteiger partial charge in [0.05, 0.1) is 5.41 Å². The molecule has 0 saturated heterocycles. The summed E-state index contributed by atoms with van der Waals surface area (Å²) in [6.45, 7) is 0. The topological polar surface area (TPSA) is 54.4 Å². The van der Waals surface area contributed by atoms with Crippen LogP contribution in [0.15, 0.2) is 12.1 Å². The molecule has 0 spiro atoms. The van der Waals surface area contributed by atoms with Crippen molar-refractivity contribution in [3.8, 4) is 0 Å². The Bertz CT molecular complexity index is 493. The van der Waals surface area contributed by atoms with Gasteiger partial charge in [-0.2, -0.15) is 0 Å². The number of carbonyl (C=O) groups excluding carboxylic acids is 1. The molecule has 3 nitrogen and oxygen atoms in total. The summed E-state index contributed by atoms with van der Waals surface area (Å²) in [5, 5.41) is 9.19. The van der Waals surface area contributed by atoms with Crippen LogP contribution in [0.3, 0.4) is 0 Å². The van der Waals surface area contributed by atoms with Gasteiger partial charge < -0.3 is 5.11 Å². The molecule has 1 aliphatic carbocycles. The van der Waals surface area contributed by atoms with Gasteiger partial charge in [0.25, 0.3) is 0 Å². The Morgan fingerprint density at radius 2 is 1.88 bits per heavy atom. The van der Waals surface area contributed by atoms with Gasteiger partial charge in [-0.05, 0) is 30.5 Å². The van der Waals surface area contributed by atoms with Gasteiger partial charge >= 0.3 is 5.97 Å². The van der Waals surface area contributed by atoms with Crippen LogP contribution in [-0.2, 0) is 10.2 Å². The molecule has 0 radical (unpaired) electrons. The summed E-state index contributed by atoms with van der Waals surface area (Å²) in [7, 11) is 0. The first kappa shape index (κ1) is 11.7. The molecule has 1 aliphatic rings. The van der Waals surface area contributed by atoms with Crippen molar-refractivity contribution < 1.29 is 23.5 Å². The van der Waals surface area contributed by atoms with E-state index in [-0.39, 0.29) is 11.1 Å². The van der Waals surface area contributed by atoms with Crippen molar-refractivity contribution in [2.75, 3.05) is 0 Å². The van der Waals surface area contributed by atoms with Crippen LogP contribution < -0.4 is 0 Å². The molecule has 5 heteroatoms. The highest BCUT2D eigenvalue weighted by atomic mass is 19.2. The van der Waals surface area contributed by atoms with Crippen molar-refractivity contribution >= 4 is 12.3 Å². The molecule has 0 aromatic heterocycles. The molecule has 1 fully saturated rings. The lowest BCUT2D eigenvalue weighted by molar-refractivity contribution is -0.147. The Hall–Kier alpha value is -1.78. The fraction of sp³-hybridized carbons (Fsp3) is 0.333. The monoisotopic (exact) mass is 240 g/mol. The smallest absolute Gasteiger partial charge is 0.314 e. The molecule has 0 atom stereocenters. The average molecular weight is 240 g/mol. The maximum atomic E-state index is 13.2. The van der Waals surface area contributed by atoms with E-state index in [1.54, 1.807) is 0 Å². The molecule has 1 N–H and O–H groups in total. The van der Waals surface area contributed by atoms with Crippen molar-refractivity contribution in [1.82, 2.24) is 0 Å². The summed E-state index contributed by atoms with van der Waals surface area (Å²) in [4.78, 5) is 22.1. The Labute approximate surface area is 96.1 Å². The Morgan fingerprint density at radius 1 is 1.29 bits per heavy atom. The van der Waals surface area contributed by atoms with Crippen LogP contribution in [0, 0.1) is 11.6 Å². The van der Waals surface area contributed by atoms with E-state index in [0.717, 1.165) is 12.1 Å². The molecule has 17 heavy (non-hydrogen) atoms. The van der Waals surface area contributed by atoms with Crippen molar-refractivity contribution in [3.05, 3.63) is 34.9 Å². The van der Waals surface area contributed by atoms with Crippen LogP contribution in [0.5, 0.6) is 0 Å². The van der Waals surface area contributed by atoms with Crippen molar-refractivity contribution in [1.29, 1.82) is 0 Å². The highest BCUT2D eigenvalue weighted by Crippen LogP contribution is 2.45. The summed E-state index contributed by atoms with van der Waals surface area (Å²) in [5.74, 6) is -3.37. The van der Waals surface area contributed by atoms with Gasteiger partial charge in [-0.3, -0.25) is 9.59 Å². The fourth-order valence-corrected chi connectivity index (χ4v) is 2.20. The number of benzene rings is 1. The van der Waals surface area contributed by atoms with Crippen LogP contribution in [0.1, 0.15) is 35.2 Å². The second kappa shape index (κ2) is 3.91. The summed E-state index contributed by atoms with van der Waals surface area (Å²) in [5.41, 5.74) is -1.25. The zero-order chi connectivity index (χ0) is 12.6. The van der Waals surface area contributed by atoms with Crippen LogP contribution in [0.25, 0.3) is 0 Å². The third-order valence-electron chi connectivity index (χ3n) is 3.35. The van der Waals surface area contributed by atoms with E-state index in [1.165, 1.54) is 0 Å². The van der Waals surface area contributed by atoms with Crippen LogP contribution in [-0.4, -0.2) is 17.4 Å². The van der Waals surface area contributed by atoms with E-state index >= 15 is 0 Å². The number of aldehydes is 1. The molecule has 0 bridgehead atoms. The molecule has 0 unspecified atom stereocenters. The molecule has 1 saturated carbocycles. The minimum absolute atomic E-state index is 0.0742. The summed E-state index contributed by atoms with van der Waals surface area (Å²) in [6.07, 6.45) is 1.74. The average Bonchev–Trinajstić information content (AvgIpc) is 2.20. The first-order chi connectivity index (χ1) is 8.01. The molecule has 0 heterocycles. The number of hydrogen-bond acceptors (Lipinski definition) is 2. The predicted molar refractivity (Wildman–Crippen MR) is 54.9 cm³/mol. The SMILES string of the molecule is O=Cc1cc(F)c(F)cc1C1(C(=O)O)CCC1. The van der Waals surface area contributed by atoms with Gasteiger partial charge in [0, 0.05) is 5.56 Å². The molecule has 1 aromatic rings. The lowest BCUT2D eigenvalue weighted by Crippen LogP contribution is -2.43. The lowest BCUT2D eigenvalue weighted by atomic mass is 9.63. The summed E-state index contributed by atoms with van der Waals surface area (Å²) < 4.78 is 26.1. The van der Waals surface area contributed by atoms with E-state index < -0.39 is 23.0 Å². The quantitative estimate of drug-likeness (QED) is 0.824. The standard InChI is InChI=1S/C12H10F2O3/c13-9-4-7(6-15)8(5-10(9)14)12(11(16)17)2-1-3-12/h4-6H,1-3H2,(H,16,17). The van der Waals surface area contributed by atoms with Gasteiger partial charge in [-0.1, -0.05) is 6.42 Å². The lowest BCUT2D eigenvalue weighted by Gasteiger charge is -2.38. The van der Waals surface area contributed by atoms with E-state index in [1.807, 2.05) is 0 Å². The van der Waals surface area contributed by atoms with Crippen LogP contribution >= 0.6 is 0 Å². The van der Waals surface area contributed by atoms with Crippen molar-refractivity contribution in [2.45, 2.75) is 24.7 Å². The van der Waals surface area contributed by atoms with Gasteiger partial charge in [0.2, 0.25) is 0 Å². The first-order valence-electron chi connectivity index (χ1n) is 5.19. The third kappa shape index (κ3) is 1.62. The molecular formula is C12H10F2O3. The predicted octanol–water partition coefficient (Wildman–Crippen LogP) is 2.28. The Morgan fingerprint density at radius 3 is 2.29 bits per heavy atom. The fourth-order valence-electron chi connectivity index (χ4n) is 2.20. The number of halogens is 2. The highest BCUT2D eigenvalue weighted by molar-refractivity contribution is 5.88. The number of rotatable bonds is 3. The zero-order valence-electron chi connectivity index (χ0n) is 8.87. The number of hydrogen-bond donors (Lipinski definition) is 1. The zero-order valence-corrected chi connectivity index (χ0v) is 8.87. The first-order valence-corrected chi connectivity index (χ1v) is 5.19. The normalized spacial score (nSPS) is 17.3. The molecule has 0 amide bonds. The van der Waals surface area contributed by atoms with Gasteiger partial charge in [-0.25, -0.2) is 8.78 Å².